The van der Waals surface area contributed by atoms with Crippen LogP contribution >= 0.6 is 0 Å². The highest BCUT2D eigenvalue weighted by atomic mass is 16.4. The molecule has 1 amide bonds. The third-order valence-electron chi connectivity index (χ3n) is 2.68. The van der Waals surface area contributed by atoms with Crippen LogP contribution in [0, 0.1) is 11.8 Å². The summed E-state index contributed by atoms with van der Waals surface area (Å²) in [5, 5.41) is 18.0. The topological polar surface area (TPSA) is 108 Å². The number of H-pyrrole nitrogens is 1. The van der Waals surface area contributed by atoms with Crippen LogP contribution in [0.5, 0.6) is 0 Å². The van der Waals surface area contributed by atoms with Crippen LogP contribution in [0.1, 0.15) is 43.6 Å². The molecule has 0 aliphatic rings. The lowest BCUT2D eigenvalue weighted by molar-refractivity contribution is -0.142. The van der Waals surface area contributed by atoms with Gasteiger partial charge in [0.25, 0.3) is 5.91 Å². The number of aromatic amines is 1. The van der Waals surface area contributed by atoms with Crippen molar-refractivity contribution in [1.29, 1.82) is 0 Å². The SMILES string of the molecule is CCc1nc(C(=O)NCC(CC(C)C)C(=O)O)n[nH]1. The average Bonchev–Trinajstić information content (AvgIpc) is 2.82. The van der Waals surface area contributed by atoms with E-state index >= 15 is 0 Å². The second kappa shape index (κ2) is 6.86. The zero-order valence-electron chi connectivity index (χ0n) is 11.4. The molecule has 1 rings (SSSR count). The second-order valence-electron chi connectivity index (χ2n) is 4.83. The summed E-state index contributed by atoms with van der Waals surface area (Å²) in [7, 11) is 0. The summed E-state index contributed by atoms with van der Waals surface area (Å²) in [6.07, 6.45) is 1.18. The summed E-state index contributed by atoms with van der Waals surface area (Å²) in [6.45, 7) is 5.87. The van der Waals surface area contributed by atoms with E-state index < -0.39 is 17.8 Å². The summed E-state index contributed by atoms with van der Waals surface area (Å²) in [6, 6.07) is 0. The normalized spacial score (nSPS) is 12.4. The highest BCUT2D eigenvalue weighted by molar-refractivity contribution is 5.90. The number of amides is 1. The number of hydrogen-bond donors (Lipinski definition) is 3. The fourth-order valence-electron chi connectivity index (χ4n) is 1.69. The molecule has 3 N–H and O–H groups in total. The molecule has 1 aromatic heterocycles. The smallest absolute Gasteiger partial charge is 0.308 e. The van der Waals surface area contributed by atoms with Crippen LogP contribution in [0.25, 0.3) is 0 Å². The lowest BCUT2D eigenvalue weighted by Crippen LogP contribution is -2.34. The van der Waals surface area contributed by atoms with Gasteiger partial charge in [0.15, 0.2) is 0 Å². The summed E-state index contributed by atoms with van der Waals surface area (Å²) in [4.78, 5) is 26.8. The van der Waals surface area contributed by atoms with Crippen molar-refractivity contribution in [3.05, 3.63) is 11.6 Å². The summed E-state index contributed by atoms with van der Waals surface area (Å²) >= 11 is 0. The maximum atomic E-state index is 11.7. The fourth-order valence-corrected chi connectivity index (χ4v) is 1.69. The van der Waals surface area contributed by atoms with Crippen LogP contribution in [-0.2, 0) is 11.2 Å². The number of hydrogen-bond acceptors (Lipinski definition) is 4. The molecule has 0 radical (unpaired) electrons. The Labute approximate surface area is 111 Å². The molecule has 0 aliphatic heterocycles. The van der Waals surface area contributed by atoms with Crippen molar-refractivity contribution in [3.8, 4) is 0 Å². The molecule has 0 fully saturated rings. The molecular formula is C12H20N4O3. The maximum absolute atomic E-state index is 11.7. The van der Waals surface area contributed by atoms with Crippen LogP contribution < -0.4 is 5.32 Å². The molecule has 0 aromatic carbocycles. The summed E-state index contributed by atoms with van der Waals surface area (Å²) < 4.78 is 0. The minimum Gasteiger partial charge on any atom is -0.481 e. The Morgan fingerprint density at radius 2 is 2.11 bits per heavy atom. The van der Waals surface area contributed by atoms with Gasteiger partial charge >= 0.3 is 5.97 Å². The third kappa shape index (κ3) is 4.69. The number of carboxylic acid groups (broad SMARTS) is 1. The van der Waals surface area contributed by atoms with Gasteiger partial charge in [-0.05, 0) is 12.3 Å². The third-order valence-corrected chi connectivity index (χ3v) is 2.68. The van der Waals surface area contributed by atoms with Crippen molar-refractivity contribution in [1.82, 2.24) is 20.5 Å². The number of carboxylic acids is 1. The molecule has 0 spiro atoms. The molecule has 19 heavy (non-hydrogen) atoms. The number of nitrogens with zero attached hydrogens (tertiary/aromatic N) is 2. The molecule has 0 saturated heterocycles. The van der Waals surface area contributed by atoms with E-state index in [9.17, 15) is 9.59 Å². The van der Waals surface area contributed by atoms with Crippen molar-refractivity contribution in [2.75, 3.05) is 6.54 Å². The Bertz CT molecular complexity index is 442. The quantitative estimate of drug-likeness (QED) is 0.679. The minimum absolute atomic E-state index is 0.0468. The number of aliphatic carboxylic acids is 1. The lowest BCUT2D eigenvalue weighted by Gasteiger charge is -2.14. The number of aryl methyl sites for hydroxylation is 1. The molecule has 106 valence electrons. The molecule has 7 nitrogen and oxygen atoms in total. The predicted octanol–water partition coefficient (Wildman–Crippen LogP) is 0.844. The Hall–Kier alpha value is -1.92. The van der Waals surface area contributed by atoms with Gasteiger partial charge < -0.3 is 10.4 Å². The number of carbonyl (C=O) groups is 2. The average molecular weight is 268 g/mol. The number of nitrogens with one attached hydrogen (secondary N) is 2. The van der Waals surface area contributed by atoms with E-state index in [2.05, 4.69) is 20.5 Å². The molecule has 0 saturated carbocycles. The fraction of sp³-hybridized carbons (Fsp3) is 0.667. The van der Waals surface area contributed by atoms with Crippen molar-refractivity contribution in [2.45, 2.75) is 33.6 Å². The largest absolute Gasteiger partial charge is 0.481 e. The predicted molar refractivity (Wildman–Crippen MR) is 68.7 cm³/mol. The van der Waals surface area contributed by atoms with E-state index in [4.69, 9.17) is 5.11 Å². The van der Waals surface area contributed by atoms with Crippen LogP contribution in [0.2, 0.25) is 0 Å². The molecule has 0 bridgehead atoms. The zero-order valence-corrected chi connectivity index (χ0v) is 11.4. The van der Waals surface area contributed by atoms with Gasteiger partial charge in [-0.25, -0.2) is 4.98 Å². The molecule has 0 aliphatic carbocycles. The van der Waals surface area contributed by atoms with Crippen molar-refractivity contribution >= 4 is 11.9 Å². The number of carbonyl (C=O) groups excluding carboxylic acids is 1. The van der Waals surface area contributed by atoms with Gasteiger partial charge in [-0.3, -0.25) is 14.7 Å². The number of rotatable bonds is 7. The van der Waals surface area contributed by atoms with Crippen LogP contribution in [0.3, 0.4) is 0 Å². The zero-order chi connectivity index (χ0) is 14.4. The maximum Gasteiger partial charge on any atom is 0.308 e. The van der Waals surface area contributed by atoms with Crippen LogP contribution in [0.15, 0.2) is 0 Å². The molecule has 1 heterocycles. The van der Waals surface area contributed by atoms with Gasteiger partial charge in [-0.2, -0.15) is 0 Å². The van der Waals surface area contributed by atoms with Crippen LogP contribution in [-0.4, -0.2) is 38.7 Å². The molecule has 1 aromatic rings. The van der Waals surface area contributed by atoms with E-state index in [1.807, 2.05) is 20.8 Å². The Kier molecular flexibility index (Phi) is 5.47. The van der Waals surface area contributed by atoms with Gasteiger partial charge in [0, 0.05) is 13.0 Å². The Morgan fingerprint density at radius 1 is 1.42 bits per heavy atom. The first-order chi connectivity index (χ1) is 8.93. The van der Waals surface area contributed by atoms with E-state index in [-0.39, 0.29) is 18.3 Å². The van der Waals surface area contributed by atoms with Crippen molar-refractivity contribution < 1.29 is 14.7 Å². The van der Waals surface area contributed by atoms with Crippen LogP contribution in [0.4, 0.5) is 0 Å². The standard InChI is InChI=1S/C12H20N4O3/c1-4-9-14-10(16-15-9)11(17)13-6-8(12(18)19)5-7(2)3/h7-8H,4-6H2,1-3H3,(H,13,17)(H,18,19)(H,14,15,16). The van der Waals surface area contributed by atoms with Crippen molar-refractivity contribution in [3.63, 3.8) is 0 Å². The summed E-state index contributed by atoms with van der Waals surface area (Å²) in [5.74, 6) is -1.02. The van der Waals surface area contributed by atoms with E-state index in [0.717, 1.165) is 0 Å². The lowest BCUT2D eigenvalue weighted by atomic mass is 9.97. The monoisotopic (exact) mass is 268 g/mol. The summed E-state index contributed by atoms with van der Waals surface area (Å²) in [5.41, 5.74) is 0. The Morgan fingerprint density at radius 3 is 2.58 bits per heavy atom. The van der Waals surface area contributed by atoms with Gasteiger partial charge in [-0.15, -0.1) is 5.10 Å². The van der Waals surface area contributed by atoms with E-state index in [0.29, 0.717) is 18.7 Å². The number of aromatic nitrogens is 3. The second-order valence-corrected chi connectivity index (χ2v) is 4.83. The molecule has 1 atom stereocenters. The van der Waals surface area contributed by atoms with Gasteiger partial charge in [-0.1, -0.05) is 20.8 Å². The van der Waals surface area contributed by atoms with Gasteiger partial charge in [0.2, 0.25) is 5.82 Å². The van der Waals surface area contributed by atoms with Crippen molar-refractivity contribution in [2.24, 2.45) is 11.8 Å². The van der Waals surface area contributed by atoms with E-state index in [1.165, 1.54) is 0 Å². The first-order valence-corrected chi connectivity index (χ1v) is 6.36. The first kappa shape index (κ1) is 15.1. The Balaban J connectivity index is 2.54. The molecule has 7 heteroatoms. The van der Waals surface area contributed by atoms with E-state index in [1.54, 1.807) is 0 Å². The van der Waals surface area contributed by atoms with Gasteiger partial charge in [0.1, 0.15) is 5.82 Å². The first-order valence-electron chi connectivity index (χ1n) is 6.36. The highest BCUT2D eigenvalue weighted by Gasteiger charge is 2.21. The van der Waals surface area contributed by atoms with Gasteiger partial charge in [0.05, 0.1) is 5.92 Å². The highest BCUT2D eigenvalue weighted by Crippen LogP contribution is 2.11. The minimum atomic E-state index is -0.904. The molecule has 1 unspecified atom stereocenters. The molecular weight excluding hydrogens is 248 g/mol.